The number of carbonyl (C=O) groups is 6. The highest BCUT2D eigenvalue weighted by atomic mass is 19.4. The van der Waals surface area contributed by atoms with Crippen LogP contribution in [-0.4, -0.2) is 82.8 Å². The summed E-state index contributed by atoms with van der Waals surface area (Å²) in [5, 5.41) is 16.7. The number of carbonyl (C=O) groups excluding carboxylic acids is 5. The molecule has 4 N–H and O–H groups in total. The molecule has 238 valence electrons. The molecule has 1 aromatic carbocycles. The molecule has 1 aromatic rings. The van der Waals surface area contributed by atoms with E-state index < -0.39 is 71.5 Å². The molecular weight excluding hydrogens is 573 g/mol. The van der Waals surface area contributed by atoms with E-state index in [1.54, 1.807) is 13.8 Å². The lowest BCUT2D eigenvalue weighted by Crippen LogP contribution is -2.63. The summed E-state index contributed by atoms with van der Waals surface area (Å²) in [6, 6.07) is 0.859. The van der Waals surface area contributed by atoms with E-state index in [9.17, 15) is 41.9 Å². The fourth-order valence-corrected chi connectivity index (χ4v) is 4.70. The van der Waals surface area contributed by atoms with Gasteiger partial charge in [-0.15, -0.1) is 0 Å². The Morgan fingerprint density at radius 2 is 1.53 bits per heavy atom. The van der Waals surface area contributed by atoms with Crippen molar-refractivity contribution in [2.75, 3.05) is 13.1 Å². The molecule has 3 atom stereocenters. The number of ketones is 1. The van der Waals surface area contributed by atoms with E-state index in [2.05, 4.69) is 16.0 Å². The van der Waals surface area contributed by atoms with Crippen LogP contribution < -0.4 is 16.0 Å². The zero-order valence-corrected chi connectivity index (χ0v) is 24.6. The monoisotopic (exact) mass is 612 g/mol. The van der Waals surface area contributed by atoms with Gasteiger partial charge in [0.05, 0.1) is 6.04 Å². The maximum Gasteiger partial charge on any atom is 0.452 e. The van der Waals surface area contributed by atoms with Gasteiger partial charge in [0.25, 0.3) is 23.5 Å². The molecule has 0 aliphatic carbocycles. The predicted molar refractivity (Wildman–Crippen MR) is 149 cm³/mol. The lowest BCUT2D eigenvalue weighted by atomic mass is 9.93. The van der Waals surface area contributed by atoms with Gasteiger partial charge in [0.1, 0.15) is 12.1 Å². The van der Waals surface area contributed by atoms with Crippen LogP contribution in [0.1, 0.15) is 80.5 Å². The molecule has 2 rings (SSSR count). The zero-order valence-electron chi connectivity index (χ0n) is 24.6. The summed E-state index contributed by atoms with van der Waals surface area (Å²) in [6.07, 6.45) is -3.63. The molecule has 4 amide bonds. The molecule has 0 aromatic heterocycles. The van der Waals surface area contributed by atoms with Crippen molar-refractivity contribution < 1.29 is 47.0 Å². The van der Waals surface area contributed by atoms with Gasteiger partial charge in [0.15, 0.2) is 0 Å². The lowest BCUT2D eigenvalue weighted by Gasteiger charge is -2.37. The van der Waals surface area contributed by atoms with Crippen LogP contribution in [-0.2, 0) is 19.2 Å². The highest BCUT2D eigenvalue weighted by Crippen LogP contribution is 2.27. The van der Waals surface area contributed by atoms with Crippen LogP contribution in [0.25, 0.3) is 0 Å². The number of carboxylic acids is 1. The molecule has 1 unspecified atom stereocenters. The SMILES string of the molecule is CC(C)C(C(=O)C(F)(F)F)N(C(=O)[C@@H]1CCCN1)C(=O)[C@@H](NC(=O)c1ccc(C(=O)NCCCCC(=O)O)cc1)C(C)C. The van der Waals surface area contributed by atoms with Crippen LogP contribution in [0, 0.1) is 11.8 Å². The Bertz CT molecular complexity index is 1180. The third-order valence-corrected chi connectivity index (χ3v) is 7.02. The van der Waals surface area contributed by atoms with Gasteiger partial charge >= 0.3 is 12.1 Å². The Kier molecular flexibility index (Phi) is 12.8. The van der Waals surface area contributed by atoms with Crippen LogP contribution >= 0.6 is 0 Å². The number of nitrogens with zero attached hydrogens (tertiary/aromatic N) is 1. The molecule has 0 radical (unpaired) electrons. The maximum absolute atomic E-state index is 13.8. The van der Waals surface area contributed by atoms with Crippen molar-refractivity contribution in [3.05, 3.63) is 35.4 Å². The quantitative estimate of drug-likeness (QED) is 0.233. The molecule has 11 nitrogen and oxygen atoms in total. The standard InChI is InChI=1S/C29H39F3N4O7/c1-16(2)22(35-26(41)19-12-10-18(11-13-19)25(40)34-14-6-5-9-21(37)38)28(43)36(27(42)20-8-7-15-33-20)23(17(3)4)24(39)29(30,31)32/h10-13,16-17,20,22-23,33H,5-9,14-15H2,1-4H3,(H,34,40)(H,35,41)(H,37,38)/t20-,22-,23?/m0/s1. The van der Waals surface area contributed by atoms with E-state index in [0.29, 0.717) is 30.7 Å². The summed E-state index contributed by atoms with van der Waals surface area (Å²) in [7, 11) is 0. The fourth-order valence-electron chi connectivity index (χ4n) is 4.70. The Morgan fingerprint density at radius 1 is 0.953 bits per heavy atom. The van der Waals surface area contributed by atoms with Crippen molar-refractivity contribution in [3.8, 4) is 0 Å². The molecular formula is C29H39F3N4O7. The maximum atomic E-state index is 13.8. The molecule has 1 aliphatic rings. The number of hydrogen-bond donors (Lipinski definition) is 4. The van der Waals surface area contributed by atoms with E-state index in [4.69, 9.17) is 5.11 Å². The van der Waals surface area contributed by atoms with Crippen molar-refractivity contribution in [3.63, 3.8) is 0 Å². The van der Waals surface area contributed by atoms with Crippen LogP contribution in [0.15, 0.2) is 24.3 Å². The molecule has 0 saturated carbocycles. The van der Waals surface area contributed by atoms with Gasteiger partial charge in [-0.2, -0.15) is 13.2 Å². The first-order valence-electron chi connectivity index (χ1n) is 14.2. The highest BCUT2D eigenvalue weighted by molar-refractivity contribution is 6.07. The van der Waals surface area contributed by atoms with Gasteiger partial charge in [-0.1, -0.05) is 27.7 Å². The highest BCUT2D eigenvalue weighted by Gasteiger charge is 2.51. The minimum absolute atomic E-state index is 0.0142. The van der Waals surface area contributed by atoms with Gasteiger partial charge in [0, 0.05) is 24.1 Å². The topological polar surface area (TPSA) is 162 Å². The van der Waals surface area contributed by atoms with Crippen molar-refractivity contribution in [2.45, 2.75) is 84.1 Å². The van der Waals surface area contributed by atoms with E-state index >= 15 is 0 Å². The number of aliphatic carboxylic acids is 1. The third-order valence-electron chi connectivity index (χ3n) is 7.02. The van der Waals surface area contributed by atoms with Crippen LogP contribution in [0.4, 0.5) is 13.2 Å². The third kappa shape index (κ3) is 9.87. The summed E-state index contributed by atoms with van der Waals surface area (Å²) in [5.41, 5.74) is 0.260. The average molecular weight is 613 g/mol. The van der Waals surface area contributed by atoms with Gasteiger partial charge in [-0.3, -0.25) is 33.7 Å². The summed E-state index contributed by atoms with van der Waals surface area (Å²) in [5.74, 6) is -8.21. The molecule has 0 spiro atoms. The number of imide groups is 1. The largest absolute Gasteiger partial charge is 0.481 e. The fraction of sp³-hybridized carbons (Fsp3) is 0.586. The minimum atomic E-state index is -5.31. The first-order valence-corrected chi connectivity index (χ1v) is 14.2. The first-order chi connectivity index (χ1) is 20.1. The van der Waals surface area contributed by atoms with Crippen LogP contribution in [0.5, 0.6) is 0 Å². The lowest BCUT2D eigenvalue weighted by molar-refractivity contribution is -0.182. The van der Waals surface area contributed by atoms with Crippen molar-refractivity contribution in [2.24, 2.45) is 11.8 Å². The molecule has 1 heterocycles. The number of Topliss-reactive ketones (excluding diaryl/α,β-unsaturated/α-hetero) is 1. The number of nitrogens with one attached hydrogen (secondary N) is 3. The Morgan fingerprint density at radius 3 is 2.00 bits per heavy atom. The molecule has 43 heavy (non-hydrogen) atoms. The van der Waals surface area contributed by atoms with Gasteiger partial charge in [-0.05, 0) is 68.3 Å². The number of unbranched alkanes of at least 4 members (excludes halogenated alkanes) is 1. The first kappa shape index (κ1) is 35.4. The average Bonchev–Trinajstić information content (AvgIpc) is 3.47. The van der Waals surface area contributed by atoms with E-state index in [1.165, 1.54) is 38.1 Å². The summed E-state index contributed by atoms with van der Waals surface area (Å²) in [6.45, 7) is 6.37. The van der Waals surface area contributed by atoms with Crippen molar-refractivity contribution >= 4 is 35.4 Å². The van der Waals surface area contributed by atoms with E-state index in [1.807, 2.05) is 0 Å². The number of alkyl halides is 3. The Balaban J connectivity index is 2.26. The number of carboxylic acid groups (broad SMARTS) is 1. The molecule has 14 heteroatoms. The summed E-state index contributed by atoms with van der Waals surface area (Å²) < 4.78 is 40.8. The number of benzene rings is 1. The summed E-state index contributed by atoms with van der Waals surface area (Å²) in [4.78, 5) is 76.1. The minimum Gasteiger partial charge on any atom is -0.481 e. The Hall–Kier alpha value is -3.81. The Labute approximate surface area is 247 Å². The smallest absolute Gasteiger partial charge is 0.452 e. The van der Waals surface area contributed by atoms with Crippen LogP contribution in [0.2, 0.25) is 0 Å². The number of hydrogen-bond acceptors (Lipinski definition) is 7. The number of rotatable bonds is 14. The van der Waals surface area contributed by atoms with E-state index in [0.717, 1.165) is 0 Å². The van der Waals surface area contributed by atoms with Gasteiger partial charge in [-0.25, -0.2) is 0 Å². The number of amides is 4. The second kappa shape index (κ2) is 15.6. The normalized spacial score (nSPS) is 16.4. The summed E-state index contributed by atoms with van der Waals surface area (Å²) >= 11 is 0. The van der Waals surface area contributed by atoms with Gasteiger partial charge in [0.2, 0.25) is 5.91 Å². The molecule has 1 fully saturated rings. The van der Waals surface area contributed by atoms with Gasteiger partial charge < -0.3 is 21.1 Å². The number of halogens is 3. The molecule has 1 saturated heterocycles. The molecule has 1 aliphatic heterocycles. The molecule has 0 bridgehead atoms. The van der Waals surface area contributed by atoms with Crippen LogP contribution in [0.3, 0.4) is 0 Å². The van der Waals surface area contributed by atoms with Crippen molar-refractivity contribution in [1.82, 2.24) is 20.9 Å². The predicted octanol–water partition coefficient (Wildman–Crippen LogP) is 2.69. The second-order valence-electron chi connectivity index (χ2n) is 11.1. The van der Waals surface area contributed by atoms with E-state index in [-0.39, 0.29) is 30.5 Å². The van der Waals surface area contributed by atoms with Crippen molar-refractivity contribution in [1.29, 1.82) is 0 Å². The zero-order chi connectivity index (χ0) is 32.5. The second-order valence-corrected chi connectivity index (χ2v) is 11.1.